The number of aromatic nitrogens is 2. The lowest BCUT2D eigenvalue weighted by Crippen LogP contribution is -2.50. The summed E-state index contributed by atoms with van der Waals surface area (Å²) in [5.74, 6) is 1.78. The Kier molecular flexibility index (Phi) is 5.36. The third kappa shape index (κ3) is 3.96. The van der Waals surface area contributed by atoms with Gasteiger partial charge < -0.3 is 14.4 Å². The summed E-state index contributed by atoms with van der Waals surface area (Å²) < 4.78 is 13.5. The number of rotatable bonds is 5. The summed E-state index contributed by atoms with van der Waals surface area (Å²) in [5, 5.41) is 4.29. The van der Waals surface area contributed by atoms with Crippen molar-refractivity contribution in [2.45, 2.75) is 25.9 Å². The van der Waals surface area contributed by atoms with Gasteiger partial charge in [-0.05, 0) is 40.0 Å². The van der Waals surface area contributed by atoms with Gasteiger partial charge in [0, 0.05) is 38.9 Å². The molecule has 0 radical (unpaired) electrons. The summed E-state index contributed by atoms with van der Waals surface area (Å²) in [6.07, 6.45) is 4.31. The second-order valence-corrected chi connectivity index (χ2v) is 7.77. The Bertz CT molecular complexity index is 817. The van der Waals surface area contributed by atoms with Gasteiger partial charge >= 0.3 is 0 Å². The van der Waals surface area contributed by atoms with E-state index in [0.717, 1.165) is 55.1 Å². The summed E-state index contributed by atoms with van der Waals surface area (Å²) in [4.78, 5) is 17.3. The lowest BCUT2D eigenvalue weighted by Gasteiger charge is -2.36. The van der Waals surface area contributed by atoms with Crippen molar-refractivity contribution in [3.8, 4) is 11.5 Å². The summed E-state index contributed by atoms with van der Waals surface area (Å²) in [6, 6.07) is 5.85. The van der Waals surface area contributed by atoms with Crippen LogP contribution in [0.25, 0.3) is 0 Å². The van der Waals surface area contributed by atoms with Gasteiger partial charge in [-0.3, -0.25) is 14.4 Å². The average Bonchev–Trinajstić information content (AvgIpc) is 3.31. The van der Waals surface area contributed by atoms with Crippen molar-refractivity contribution >= 4 is 21.8 Å². The number of carbonyl (C=O) groups excluding carboxylic acids is 1. The molecule has 3 heterocycles. The second kappa shape index (κ2) is 7.90. The smallest absolute Gasteiger partial charge is 0.247 e. The molecule has 1 aromatic carbocycles. The van der Waals surface area contributed by atoms with E-state index in [9.17, 15) is 4.79 Å². The van der Waals surface area contributed by atoms with Crippen LogP contribution in [0.3, 0.4) is 0 Å². The molecule has 0 saturated carbocycles. The number of hydrogen-bond donors (Lipinski definition) is 0. The molecule has 7 nitrogen and oxygen atoms in total. The fourth-order valence-electron chi connectivity index (χ4n) is 3.59. The van der Waals surface area contributed by atoms with Crippen LogP contribution < -0.4 is 9.47 Å². The minimum absolute atomic E-state index is 0.149. The van der Waals surface area contributed by atoms with E-state index in [0.29, 0.717) is 6.79 Å². The lowest BCUT2D eigenvalue weighted by atomic mass is 10.1. The van der Waals surface area contributed by atoms with Crippen molar-refractivity contribution in [3.05, 3.63) is 40.6 Å². The highest BCUT2D eigenvalue weighted by molar-refractivity contribution is 9.10. The van der Waals surface area contributed by atoms with Crippen molar-refractivity contribution in [2.75, 3.05) is 33.0 Å². The van der Waals surface area contributed by atoms with E-state index in [1.807, 2.05) is 30.2 Å². The molecule has 0 bridgehead atoms. The molecule has 144 valence electrons. The highest BCUT2D eigenvalue weighted by Gasteiger charge is 2.28. The molecular weight excluding hydrogens is 412 g/mol. The van der Waals surface area contributed by atoms with E-state index in [1.165, 1.54) is 5.56 Å². The standard InChI is InChI=1S/C19H23BrN4O3/c1-2-16(24-12-15(20)10-21-24)19(25)23-7-5-22(6-8-23)11-14-3-4-17-18(9-14)27-13-26-17/h3-4,9-10,12,16H,2,5-8,11,13H2,1H3. The normalized spacial score (nSPS) is 17.9. The number of amides is 1. The number of hydrogen-bond acceptors (Lipinski definition) is 5. The van der Waals surface area contributed by atoms with Crippen molar-refractivity contribution in [1.82, 2.24) is 19.6 Å². The number of fused-ring (bicyclic) bond motifs is 1. The predicted octanol–water partition coefficient (Wildman–Crippen LogP) is 2.67. The topological polar surface area (TPSA) is 59.8 Å². The maximum atomic E-state index is 12.9. The fraction of sp³-hybridized carbons (Fsp3) is 0.474. The van der Waals surface area contributed by atoms with Crippen molar-refractivity contribution in [3.63, 3.8) is 0 Å². The van der Waals surface area contributed by atoms with Gasteiger partial charge in [-0.15, -0.1) is 0 Å². The highest BCUT2D eigenvalue weighted by atomic mass is 79.9. The largest absolute Gasteiger partial charge is 0.454 e. The molecule has 1 unspecified atom stereocenters. The molecule has 27 heavy (non-hydrogen) atoms. The average molecular weight is 435 g/mol. The van der Waals surface area contributed by atoms with Gasteiger partial charge in [0.05, 0.1) is 10.7 Å². The first-order valence-electron chi connectivity index (χ1n) is 9.23. The van der Waals surface area contributed by atoms with Crippen LogP contribution in [0, 0.1) is 0 Å². The first kappa shape index (κ1) is 18.3. The molecule has 1 atom stereocenters. The Balaban J connectivity index is 1.33. The van der Waals surface area contributed by atoms with Gasteiger partial charge in [-0.2, -0.15) is 5.10 Å². The quantitative estimate of drug-likeness (QED) is 0.723. The van der Waals surface area contributed by atoms with Crippen molar-refractivity contribution in [1.29, 1.82) is 0 Å². The molecule has 2 aliphatic heterocycles. The highest BCUT2D eigenvalue weighted by Crippen LogP contribution is 2.32. The van der Waals surface area contributed by atoms with Gasteiger partial charge in [0.2, 0.25) is 12.7 Å². The summed E-state index contributed by atoms with van der Waals surface area (Å²) in [6.45, 7) is 6.37. The van der Waals surface area contributed by atoms with E-state index in [1.54, 1.807) is 10.9 Å². The summed E-state index contributed by atoms with van der Waals surface area (Å²) >= 11 is 3.40. The SMILES string of the molecule is CCC(C(=O)N1CCN(Cc2ccc3c(c2)OCO3)CC1)n1cc(Br)cn1. The zero-order valence-electron chi connectivity index (χ0n) is 15.3. The van der Waals surface area contributed by atoms with Crippen LogP contribution in [0.2, 0.25) is 0 Å². The lowest BCUT2D eigenvalue weighted by molar-refractivity contribution is -0.137. The summed E-state index contributed by atoms with van der Waals surface area (Å²) in [7, 11) is 0. The van der Waals surface area contributed by atoms with Crippen LogP contribution in [0.1, 0.15) is 24.9 Å². The fourth-order valence-corrected chi connectivity index (χ4v) is 3.90. The van der Waals surface area contributed by atoms with E-state index < -0.39 is 0 Å². The van der Waals surface area contributed by atoms with Crippen LogP contribution in [-0.4, -0.2) is 58.5 Å². The number of carbonyl (C=O) groups is 1. The zero-order chi connectivity index (χ0) is 18.8. The van der Waals surface area contributed by atoms with Crippen LogP contribution in [0.5, 0.6) is 11.5 Å². The third-order valence-corrected chi connectivity index (χ3v) is 5.50. The molecule has 0 spiro atoms. The Morgan fingerprint density at radius 2 is 2.00 bits per heavy atom. The molecule has 1 aromatic heterocycles. The Hall–Kier alpha value is -2.06. The maximum Gasteiger partial charge on any atom is 0.247 e. The molecule has 8 heteroatoms. The van der Waals surface area contributed by atoms with Gasteiger partial charge in [0.1, 0.15) is 6.04 Å². The van der Waals surface area contributed by atoms with E-state index >= 15 is 0 Å². The molecule has 2 aromatic rings. The number of halogens is 1. The molecule has 1 amide bonds. The van der Waals surface area contributed by atoms with Crippen molar-refractivity contribution < 1.29 is 14.3 Å². The van der Waals surface area contributed by atoms with E-state index in [-0.39, 0.29) is 11.9 Å². The minimum Gasteiger partial charge on any atom is -0.454 e. The van der Waals surface area contributed by atoms with Crippen LogP contribution >= 0.6 is 15.9 Å². The Morgan fingerprint density at radius 3 is 2.70 bits per heavy atom. The molecule has 4 rings (SSSR count). The molecular formula is C19H23BrN4O3. The second-order valence-electron chi connectivity index (χ2n) is 6.85. The predicted molar refractivity (Wildman–Crippen MR) is 104 cm³/mol. The van der Waals surface area contributed by atoms with Gasteiger partial charge in [-0.1, -0.05) is 13.0 Å². The van der Waals surface area contributed by atoms with Gasteiger partial charge in [0.25, 0.3) is 0 Å². The number of benzene rings is 1. The monoisotopic (exact) mass is 434 g/mol. The van der Waals surface area contributed by atoms with Gasteiger partial charge in [0.15, 0.2) is 11.5 Å². The van der Waals surface area contributed by atoms with E-state index in [2.05, 4.69) is 32.0 Å². The Labute approximate surface area is 167 Å². The summed E-state index contributed by atoms with van der Waals surface area (Å²) in [5.41, 5.74) is 1.20. The number of ether oxygens (including phenoxy) is 2. The molecule has 1 saturated heterocycles. The first-order chi connectivity index (χ1) is 13.1. The van der Waals surface area contributed by atoms with Crippen LogP contribution in [0.15, 0.2) is 35.1 Å². The third-order valence-electron chi connectivity index (χ3n) is 5.09. The minimum atomic E-state index is -0.239. The maximum absolute atomic E-state index is 12.9. The van der Waals surface area contributed by atoms with E-state index in [4.69, 9.17) is 9.47 Å². The zero-order valence-corrected chi connectivity index (χ0v) is 16.9. The Morgan fingerprint density at radius 1 is 1.22 bits per heavy atom. The van der Waals surface area contributed by atoms with Crippen LogP contribution in [0.4, 0.5) is 0 Å². The van der Waals surface area contributed by atoms with Gasteiger partial charge in [-0.25, -0.2) is 0 Å². The molecule has 0 N–H and O–H groups in total. The van der Waals surface area contributed by atoms with Crippen LogP contribution in [-0.2, 0) is 11.3 Å². The molecule has 2 aliphatic rings. The van der Waals surface area contributed by atoms with Crippen molar-refractivity contribution in [2.24, 2.45) is 0 Å². The molecule has 0 aliphatic carbocycles. The number of nitrogens with zero attached hydrogens (tertiary/aromatic N) is 4. The number of piperazine rings is 1. The first-order valence-corrected chi connectivity index (χ1v) is 10.0. The molecule has 1 fully saturated rings.